The topological polar surface area (TPSA) is 68.3 Å². The van der Waals surface area contributed by atoms with E-state index in [9.17, 15) is 0 Å². The molecule has 0 atom stereocenters. The number of benzene rings is 2. The van der Waals surface area contributed by atoms with Crippen LogP contribution in [0.25, 0.3) is 0 Å². The molecule has 2 aromatic carbocycles. The first-order valence-electron chi connectivity index (χ1n) is 5.87. The number of ether oxygens (including phenoxy) is 2. The third-order valence-electron chi connectivity index (χ3n) is 2.70. The Morgan fingerprint density at radius 1 is 1.11 bits per heavy atom. The molecule has 3 N–H and O–H groups in total. The lowest BCUT2D eigenvalue weighted by molar-refractivity contribution is 0.409. The number of nitrogen functional groups attached to an aromatic ring is 1. The van der Waals surface area contributed by atoms with Gasteiger partial charge in [-0.1, -0.05) is 12.1 Å². The summed E-state index contributed by atoms with van der Waals surface area (Å²) < 4.78 is 10.9. The Morgan fingerprint density at radius 2 is 1.84 bits per heavy atom. The van der Waals surface area contributed by atoms with E-state index in [-0.39, 0.29) is 5.84 Å². The van der Waals surface area contributed by atoms with Crippen molar-refractivity contribution in [1.82, 2.24) is 0 Å². The van der Waals surface area contributed by atoms with Gasteiger partial charge in [-0.15, -0.1) is 0 Å². The molecule has 0 amide bonds. The number of nitrogens with one attached hydrogen (secondary N) is 1. The molecule has 0 bridgehead atoms. The molecule has 19 heavy (non-hydrogen) atoms. The molecule has 4 nitrogen and oxygen atoms in total. The molecule has 0 aliphatic heterocycles. The molecule has 0 aromatic heterocycles. The second-order valence-electron chi connectivity index (χ2n) is 4.19. The number of nitrogens with two attached hydrogens (primary N) is 1. The van der Waals surface area contributed by atoms with E-state index in [1.807, 2.05) is 37.3 Å². The Bertz CT molecular complexity index is 609. The molecule has 0 aliphatic carbocycles. The normalized spacial score (nSPS) is 10.0. The average Bonchev–Trinajstić information content (AvgIpc) is 2.38. The largest absolute Gasteiger partial charge is 0.497 e. The predicted octanol–water partition coefficient (Wildman–Crippen LogP) is 3.08. The molecular formula is C15H16N2O2. The zero-order valence-electron chi connectivity index (χ0n) is 10.9. The molecule has 0 radical (unpaired) electrons. The molecule has 0 spiro atoms. The maximum absolute atomic E-state index is 7.56. The lowest BCUT2D eigenvalue weighted by atomic mass is 10.1. The van der Waals surface area contributed by atoms with Crippen molar-refractivity contribution in [3.8, 4) is 17.2 Å². The lowest BCUT2D eigenvalue weighted by Gasteiger charge is -2.11. The van der Waals surface area contributed by atoms with Crippen LogP contribution in [0.1, 0.15) is 11.1 Å². The van der Waals surface area contributed by atoms with Gasteiger partial charge < -0.3 is 15.2 Å². The minimum atomic E-state index is -0.0158. The van der Waals surface area contributed by atoms with Crippen molar-refractivity contribution < 1.29 is 9.47 Å². The van der Waals surface area contributed by atoms with Crippen molar-refractivity contribution in [3.05, 3.63) is 53.6 Å². The van der Waals surface area contributed by atoms with Gasteiger partial charge in [0.15, 0.2) is 0 Å². The van der Waals surface area contributed by atoms with Crippen LogP contribution in [0.2, 0.25) is 0 Å². The summed E-state index contributed by atoms with van der Waals surface area (Å²) in [7, 11) is 1.60. The van der Waals surface area contributed by atoms with Crippen molar-refractivity contribution in [2.75, 3.05) is 7.11 Å². The van der Waals surface area contributed by atoms with Crippen LogP contribution in [0.4, 0.5) is 0 Å². The highest BCUT2D eigenvalue weighted by Crippen LogP contribution is 2.28. The van der Waals surface area contributed by atoms with Gasteiger partial charge in [-0.05, 0) is 36.8 Å². The van der Waals surface area contributed by atoms with E-state index in [4.69, 9.17) is 20.6 Å². The van der Waals surface area contributed by atoms with Crippen LogP contribution in [-0.2, 0) is 0 Å². The molecule has 0 unspecified atom stereocenters. The fraction of sp³-hybridized carbons (Fsp3) is 0.133. The molecule has 2 aromatic rings. The third-order valence-corrected chi connectivity index (χ3v) is 2.70. The predicted molar refractivity (Wildman–Crippen MR) is 75.3 cm³/mol. The number of methoxy groups -OCH3 is 1. The second kappa shape index (κ2) is 5.44. The molecule has 0 aliphatic rings. The van der Waals surface area contributed by atoms with Crippen molar-refractivity contribution in [3.63, 3.8) is 0 Å². The SMILES string of the molecule is COc1cccc(Oc2cc(C)ccc2C(=N)N)c1. The van der Waals surface area contributed by atoms with Crippen LogP contribution < -0.4 is 15.2 Å². The van der Waals surface area contributed by atoms with E-state index in [0.717, 1.165) is 11.3 Å². The van der Waals surface area contributed by atoms with Gasteiger partial charge in [0.1, 0.15) is 23.1 Å². The maximum atomic E-state index is 7.56. The average molecular weight is 256 g/mol. The van der Waals surface area contributed by atoms with Crippen LogP contribution >= 0.6 is 0 Å². The summed E-state index contributed by atoms with van der Waals surface area (Å²) in [5, 5.41) is 7.56. The Balaban J connectivity index is 2.36. The van der Waals surface area contributed by atoms with Crippen LogP contribution in [-0.4, -0.2) is 12.9 Å². The number of rotatable bonds is 4. The number of amidine groups is 1. The molecule has 4 heteroatoms. The van der Waals surface area contributed by atoms with E-state index < -0.39 is 0 Å². The summed E-state index contributed by atoms with van der Waals surface area (Å²) >= 11 is 0. The van der Waals surface area contributed by atoms with E-state index in [1.165, 1.54) is 0 Å². The number of hydrogen-bond acceptors (Lipinski definition) is 3. The maximum Gasteiger partial charge on any atom is 0.138 e. The highest BCUT2D eigenvalue weighted by atomic mass is 16.5. The monoisotopic (exact) mass is 256 g/mol. The first-order valence-corrected chi connectivity index (χ1v) is 5.87. The standard InChI is InChI=1S/C15H16N2O2/c1-10-6-7-13(15(16)17)14(8-10)19-12-5-3-4-11(9-12)18-2/h3-9H,1-2H3,(H3,16,17). The Morgan fingerprint density at radius 3 is 2.53 bits per heavy atom. The zero-order valence-corrected chi connectivity index (χ0v) is 10.9. The highest BCUT2D eigenvalue weighted by molar-refractivity contribution is 5.97. The summed E-state index contributed by atoms with van der Waals surface area (Å²) in [6.45, 7) is 1.96. The van der Waals surface area contributed by atoms with E-state index in [1.54, 1.807) is 19.2 Å². The van der Waals surface area contributed by atoms with Crippen LogP contribution in [0.3, 0.4) is 0 Å². The molecule has 2 rings (SSSR count). The second-order valence-corrected chi connectivity index (χ2v) is 4.19. The van der Waals surface area contributed by atoms with Gasteiger partial charge in [-0.2, -0.15) is 0 Å². The van der Waals surface area contributed by atoms with E-state index in [2.05, 4.69) is 0 Å². The van der Waals surface area contributed by atoms with Gasteiger partial charge in [0.2, 0.25) is 0 Å². The summed E-state index contributed by atoms with van der Waals surface area (Å²) in [5.41, 5.74) is 7.17. The van der Waals surface area contributed by atoms with Crippen molar-refractivity contribution in [1.29, 1.82) is 5.41 Å². The van der Waals surface area contributed by atoms with E-state index in [0.29, 0.717) is 17.1 Å². The zero-order chi connectivity index (χ0) is 13.8. The Labute approximate surface area is 112 Å². The summed E-state index contributed by atoms with van der Waals surface area (Å²) in [6, 6.07) is 12.8. The highest BCUT2D eigenvalue weighted by Gasteiger charge is 2.08. The molecule has 0 fully saturated rings. The minimum absolute atomic E-state index is 0.0158. The fourth-order valence-electron chi connectivity index (χ4n) is 1.73. The minimum Gasteiger partial charge on any atom is -0.497 e. The van der Waals surface area contributed by atoms with Crippen molar-refractivity contribution >= 4 is 5.84 Å². The molecule has 0 saturated heterocycles. The van der Waals surface area contributed by atoms with Gasteiger partial charge >= 0.3 is 0 Å². The molecular weight excluding hydrogens is 240 g/mol. The molecule has 0 heterocycles. The van der Waals surface area contributed by atoms with Crippen LogP contribution in [0.5, 0.6) is 17.2 Å². The van der Waals surface area contributed by atoms with Gasteiger partial charge in [-0.3, -0.25) is 5.41 Å². The van der Waals surface area contributed by atoms with Gasteiger partial charge in [0, 0.05) is 6.07 Å². The van der Waals surface area contributed by atoms with E-state index >= 15 is 0 Å². The quantitative estimate of drug-likeness (QED) is 0.652. The Kier molecular flexibility index (Phi) is 3.71. The van der Waals surface area contributed by atoms with Crippen LogP contribution in [0.15, 0.2) is 42.5 Å². The van der Waals surface area contributed by atoms with Gasteiger partial charge in [-0.25, -0.2) is 0 Å². The first-order chi connectivity index (χ1) is 9.10. The fourth-order valence-corrected chi connectivity index (χ4v) is 1.73. The third kappa shape index (κ3) is 3.04. The number of hydrogen-bond donors (Lipinski definition) is 2. The van der Waals surface area contributed by atoms with Crippen molar-refractivity contribution in [2.45, 2.75) is 6.92 Å². The van der Waals surface area contributed by atoms with Crippen molar-refractivity contribution in [2.24, 2.45) is 5.73 Å². The van der Waals surface area contributed by atoms with Gasteiger partial charge in [0.25, 0.3) is 0 Å². The summed E-state index contributed by atoms with van der Waals surface area (Å²) in [5.74, 6) is 1.92. The summed E-state index contributed by atoms with van der Waals surface area (Å²) in [6.07, 6.45) is 0. The number of aryl methyl sites for hydroxylation is 1. The van der Waals surface area contributed by atoms with Crippen LogP contribution in [0, 0.1) is 12.3 Å². The lowest BCUT2D eigenvalue weighted by Crippen LogP contribution is -2.12. The molecule has 0 saturated carbocycles. The molecule has 98 valence electrons. The smallest absolute Gasteiger partial charge is 0.138 e. The van der Waals surface area contributed by atoms with Gasteiger partial charge in [0.05, 0.1) is 12.7 Å². The first kappa shape index (κ1) is 13.0. The Hall–Kier alpha value is -2.49. The summed E-state index contributed by atoms with van der Waals surface area (Å²) in [4.78, 5) is 0.